The molecular formula is C10H23NO2. The molecule has 1 unspecified atom stereocenters. The third-order valence-electron chi connectivity index (χ3n) is 1.78. The third-order valence-corrected chi connectivity index (χ3v) is 1.78. The summed E-state index contributed by atoms with van der Waals surface area (Å²) in [5.74, 6) is 0. The Kier molecular flexibility index (Phi) is 8.40. The quantitative estimate of drug-likeness (QED) is 0.626. The molecule has 0 spiro atoms. The first-order valence-electron chi connectivity index (χ1n) is 5.04. The standard InChI is InChI=1S/C10H23NO2/c1-5-11-10(8-12-4)6-7-13-9(2)3/h9-11H,5-8H2,1-4H3. The van der Waals surface area contributed by atoms with Crippen LogP contribution in [0.5, 0.6) is 0 Å². The number of nitrogens with one attached hydrogen (secondary N) is 1. The second kappa shape index (κ2) is 8.48. The summed E-state index contributed by atoms with van der Waals surface area (Å²) in [6, 6.07) is 0.425. The van der Waals surface area contributed by atoms with Gasteiger partial charge >= 0.3 is 0 Å². The van der Waals surface area contributed by atoms with E-state index in [1.54, 1.807) is 7.11 Å². The number of rotatable bonds is 8. The van der Waals surface area contributed by atoms with Crippen molar-refractivity contribution >= 4 is 0 Å². The van der Waals surface area contributed by atoms with Gasteiger partial charge in [-0.3, -0.25) is 0 Å². The number of likely N-dealkylation sites (N-methyl/N-ethyl adjacent to an activating group) is 1. The van der Waals surface area contributed by atoms with Gasteiger partial charge in [-0.25, -0.2) is 0 Å². The molecule has 0 aromatic rings. The molecule has 13 heavy (non-hydrogen) atoms. The molecule has 0 bridgehead atoms. The van der Waals surface area contributed by atoms with Gasteiger partial charge in [0.25, 0.3) is 0 Å². The molecule has 0 amide bonds. The molecule has 3 heteroatoms. The van der Waals surface area contributed by atoms with Crippen LogP contribution in [0.1, 0.15) is 27.2 Å². The number of hydrogen-bond donors (Lipinski definition) is 1. The predicted octanol–water partition coefficient (Wildman–Crippen LogP) is 1.43. The molecule has 0 aliphatic carbocycles. The molecule has 80 valence electrons. The maximum Gasteiger partial charge on any atom is 0.0616 e. The van der Waals surface area contributed by atoms with E-state index in [0.717, 1.165) is 26.2 Å². The SMILES string of the molecule is CCNC(CCOC(C)C)COC. The van der Waals surface area contributed by atoms with Gasteiger partial charge in [0.1, 0.15) is 0 Å². The first-order chi connectivity index (χ1) is 6.20. The highest BCUT2D eigenvalue weighted by atomic mass is 16.5. The van der Waals surface area contributed by atoms with Crippen molar-refractivity contribution in [1.82, 2.24) is 5.32 Å². The lowest BCUT2D eigenvalue weighted by molar-refractivity contribution is 0.0626. The highest BCUT2D eigenvalue weighted by Crippen LogP contribution is 1.96. The van der Waals surface area contributed by atoms with Crippen LogP contribution in [0.2, 0.25) is 0 Å². The van der Waals surface area contributed by atoms with Crippen molar-refractivity contribution in [3.05, 3.63) is 0 Å². The Morgan fingerprint density at radius 2 is 2.00 bits per heavy atom. The van der Waals surface area contributed by atoms with Crippen molar-refractivity contribution in [2.75, 3.05) is 26.9 Å². The molecule has 0 rings (SSSR count). The molecule has 1 N–H and O–H groups in total. The van der Waals surface area contributed by atoms with E-state index in [4.69, 9.17) is 9.47 Å². The van der Waals surface area contributed by atoms with Crippen molar-refractivity contribution in [1.29, 1.82) is 0 Å². The van der Waals surface area contributed by atoms with Crippen LogP contribution in [0.4, 0.5) is 0 Å². The molecular weight excluding hydrogens is 166 g/mol. The molecule has 0 fully saturated rings. The lowest BCUT2D eigenvalue weighted by atomic mass is 10.2. The van der Waals surface area contributed by atoms with Crippen LogP contribution in [0, 0.1) is 0 Å². The van der Waals surface area contributed by atoms with Crippen molar-refractivity contribution in [2.45, 2.75) is 39.3 Å². The van der Waals surface area contributed by atoms with Crippen LogP contribution in [-0.4, -0.2) is 39.0 Å². The highest BCUT2D eigenvalue weighted by Gasteiger charge is 2.06. The monoisotopic (exact) mass is 189 g/mol. The summed E-state index contributed by atoms with van der Waals surface area (Å²) in [5.41, 5.74) is 0. The van der Waals surface area contributed by atoms with E-state index in [1.807, 2.05) is 0 Å². The summed E-state index contributed by atoms with van der Waals surface area (Å²) in [5, 5.41) is 3.35. The first-order valence-corrected chi connectivity index (χ1v) is 5.04. The number of methoxy groups -OCH3 is 1. The summed E-state index contributed by atoms with van der Waals surface area (Å²) in [4.78, 5) is 0. The first kappa shape index (κ1) is 12.9. The van der Waals surface area contributed by atoms with Crippen LogP contribution in [0.15, 0.2) is 0 Å². The van der Waals surface area contributed by atoms with Gasteiger partial charge < -0.3 is 14.8 Å². The van der Waals surface area contributed by atoms with E-state index in [2.05, 4.69) is 26.1 Å². The van der Waals surface area contributed by atoms with Crippen LogP contribution in [0.25, 0.3) is 0 Å². The fraction of sp³-hybridized carbons (Fsp3) is 1.00. The van der Waals surface area contributed by atoms with Gasteiger partial charge in [-0.2, -0.15) is 0 Å². The van der Waals surface area contributed by atoms with Gasteiger partial charge in [0, 0.05) is 19.8 Å². The van der Waals surface area contributed by atoms with Crippen LogP contribution in [0.3, 0.4) is 0 Å². The molecule has 0 aromatic heterocycles. The minimum atomic E-state index is 0.324. The van der Waals surface area contributed by atoms with Gasteiger partial charge in [0.05, 0.1) is 12.7 Å². The van der Waals surface area contributed by atoms with Gasteiger partial charge in [-0.05, 0) is 26.8 Å². The summed E-state index contributed by atoms with van der Waals surface area (Å²) in [6.45, 7) is 8.76. The Morgan fingerprint density at radius 3 is 2.46 bits per heavy atom. The largest absolute Gasteiger partial charge is 0.383 e. The van der Waals surface area contributed by atoms with Crippen molar-refractivity contribution in [2.24, 2.45) is 0 Å². The van der Waals surface area contributed by atoms with Crippen LogP contribution < -0.4 is 5.32 Å². The summed E-state index contributed by atoms with van der Waals surface area (Å²) in [6.07, 6.45) is 1.34. The normalized spacial score (nSPS) is 13.6. The van der Waals surface area contributed by atoms with Crippen LogP contribution >= 0.6 is 0 Å². The van der Waals surface area contributed by atoms with E-state index < -0.39 is 0 Å². The number of hydrogen-bond acceptors (Lipinski definition) is 3. The van der Waals surface area contributed by atoms with E-state index >= 15 is 0 Å². The second-order valence-electron chi connectivity index (χ2n) is 3.42. The molecule has 0 aliphatic heterocycles. The van der Waals surface area contributed by atoms with E-state index in [-0.39, 0.29) is 0 Å². The zero-order valence-corrected chi connectivity index (χ0v) is 9.30. The van der Waals surface area contributed by atoms with E-state index in [0.29, 0.717) is 12.1 Å². The van der Waals surface area contributed by atoms with Crippen molar-refractivity contribution in [3.63, 3.8) is 0 Å². The minimum Gasteiger partial charge on any atom is -0.383 e. The zero-order valence-electron chi connectivity index (χ0n) is 9.30. The zero-order chi connectivity index (χ0) is 10.1. The maximum atomic E-state index is 5.47. The smallest absolute Gasteiger partial charge is 0.0616 e. The Morgan fingerprint density at radius 1 is 1.31 bits per heavy atom. The fourth-order valence-corrected chi connectivity index (χ4v) is 1.18. The van der Waals surface area contributed by atoms with Gasteiger partial charge in [0.2, 0.25) is 0 Å². The van der Waals surface area contributed by atoms with Crippen LogP contribution in [-0.2, 0) is 9.47 Å². The van der Waals surface area contributed by atoms with E-state index in [1.165, 1.54) is 0 Å². The Bertz CT molecular complexity index is 101. The summed E-state index contributed by atoms with van der Waals surface area (Å²) in [7, 11) is 1.73. The molecule has 1 atom stereocenters. The summed E-state index contributed by atoms with van der Waals surface area (Å²) < 4.78 is 10.6. The average Bonchev–Trinajstić information content (AvgIpc) is 2.04. The van der Waals surface area contributed by atoms with Gasteiger partial charge in [0.15, 0.2) is 0 Å². The molecule has 0 aliphatic rings. The lowest BCUT2D eigenvalue weighted by Crippen LogP contribution is -2.34. The Hall–Kier alpha value is -0.120. The van der Waals surface area contributed by atoms with Gasteiger partial charge in [-0.15, -0.1) is 0 Å². The molecule has 3 nitrogen and oxygen atoms in total. The lowest BCUT2D eigenvalue weighted by Gasteiger charge is -2.17. The van der Waals surface area contributed by atoms with Crippen molar-refractivity contribution in [3.8, 4) is 0 Å². The highest BCUT2D eigenvalue weighted by molar-refractivity contribution is 4.64. The topological polar surface area (TPSA) is 30.5 Å². The second-order valence-corrected chi connectivity index (χ2v) is 3.42. The minimum absolute atomic E-state index is 0.324. The molecule has 0 radical (unpaired) electrons. The summed E-state index contributed by atoms with van der Waals surface area (Å²) >= 11 is 0. The van der Waals surface area contributed by atoms with Gasteiger partial charge in [-0.1, -0.05) is 6.92 Å². The fourth-order valence-electron chi connectivity index (χ4n) is 1.18. The molecule has 0 aromatic carbocycles. The Labute approximate surface area is 81.8 Å². The number of ether oxygens (including phenoxy) is 2. The maximum absolute atomic E-state index is 5.47. The molecule has 0 heterocycles. The van der Waals surface area contributed by atoms with Crippen molar-refractivity contribution < 1.29 is 9.47 Å². The molecule has 0 saturated carbocycles. The third kappa shape index (κ3) is 8.22. The predicted molar refractivity (Wildman–Crippen MR) is 55.0 cm³/mol. The van der Waals surface area contributed by atoms with E-state index in [9.17, 15) is 0 Å². The molecule has 0 saturated heterocycles. The Balaban J connectivity index is 3.44. The average molecular weight is 189 g/mol.